The van der Waals surface area contributed by atoms with Crippen LogP contribution in [-0.2, 0) is 20.9 Å². The van der Waals surface area contributed by atoms with E-state index in [4.69, 9.17) is 5.11 Å². The number of unbranched alkanes of at least 4 members (excludes halogenated alkanes) is 1. The number of hydrogen-bond donors (Lipinski definition) is 3. The van der Waals surface area contributed by atoms with Crippen LogP contribution in [0.25, 0.3) is 0 Å². The number of nitrogens with zero attached hydrogens (tertiary/aromatic N) is 2. The van der Waals surface area contributed by atoms with Crippen LogP contribution in [0.15, 0.2) is 24.3 Å². The fourth-order valence-corrected chi connectivity index (χ4v) is 6.37. The number of rotatable bonds is 11. The summed E-state index contributed by atoms with van der Waals surface area (Å²) in [5.74, 6) is -0.142. The van der Waals surface area contributed by atoms with E-state index in [0.717, 1.165) is 37.7 Å². The van der Waals surface area contributed by atoms with Gasteiger partial charge in [-0.2, -0.15) is 0 Å². The minimum atomic E-state index is -0.764. The van der Waals surface area contributed by atoms with Crippen molar-refractivity contribution in [2.24, 2.45) is 5.92 Å². The van der Waals surface area contributed by atoms with Crippen molar-refractivity contribution in [3.8, 4) is 0 Å². The molecule has 2 saturated heterocycles. The van der Waals surface area contributed by atoms with Gasteiger partial charge >= 0.3 is 0 Å². The molecule has 9 heteroatoms. The van der Waals surface area contributed by atoms with E-state index >= 15 is 0 Å². The molecule has 3 amide bonds. The number of aliphatic hydroxyl groups is 1. The van der Waals surface area contributed by atoms with Gasteiger partial charge in [-0.05, 0) is 49.3 Å². The second-order valence-electron chi connectivity index (χ2n) is 11.5. The molecule has 3 fully saturated rings. The summed E-state index contributed by atoms with van der Waals surface area (Å²) in [6.45, 7) is 4.08. The van der Waals surface area contributed by atoms with Crippen LogP contribution in [0.3, 0.4) is 0 Å². The lowest BCUT2D eigenvalue weighted by Gasteiger charge is -2.52. The van der Waals surface area contributed by atoms with Crippen LogP contribution in [0.2, 0.25) is 0 Å². The maximum Gasteiger partial charge on any atom is 0.251 e. The lowest BCUT2D eigenvalue weighted by molar-refractivity contribution is -0.162. The first-order valence-corrected chi connectivity index (χ1v) is 14.7. The maximum atomic E-state index is 13.7. The smallest absolute Gasteiger partial charge is 0.251 e. The standard InChI is InChI=1S/C30H44N4O5/c1-2-3-15-34-28(38)26(18-22-7-5-4-6-8-22)32-29(39)30(34)13-16-33(17-14-30)20-23-9-11-24(12-10-23)27(37)31-19-25(36)21-35/h9-12,22,26,35H,2-8,13-21H2,1H3,(H,31,37)(H,32,39)/t26-/m0/s1. The Hall–Kier alpha value is -2.78. The molecule has 1 atom stereocenters. The van der Waals surface area contributed by atoms with Gasteiger partial charge in [-0.15, -0.1) is 0 Å². The summed E-state index contributed by atoms with van der Waals surface area (Å²) in [7, 11) is 0. The second-order valence-corrected chi connectivity index (χ2v) is 11.5. The van der Waals surface area contributed by atoms with Crippen molar-refractivity contribution in [2.45, 2.75) is 89.3 Å². The van der Waals surface area contributed by atoms with Crippen LogP contribution >= 0.6 is 0 Å². The van der Waals surface area contributed by atoms with Crippen LogP contribution in [0.1, 0.15) is 87.1 Å². The largest absolute Gasteiger partial charge is 0.389 e. The first-order chi connectivity index (χ1) is 18.9. The van der Waals surface area contributed by atoms with Crippen molar-refractivity contribution in [2.75, 3.05) is 32.8 Å². The van der Waals surface area contributed by atoms with Crippen LogP contribution in [0.5, 0.6) is 0 Å². The lowest BCUT2D eigenvalue weighted by atomic mass is 9.79. The minimum absolute atomic E-state index is 0.0220. The fraction of sp³-hybridized carbons (Fsp3) is 0.667. The zero-order valence-corrected chi connectivity index (χ0v) is 23.3. The Morgan fingerprint density at radius 1 is 1.08 bits per heavy atom. The predicted molar refractivity (Wildman–Crippen MR) is 148 cm³/mol. The summed E-state index contributed by atoms with van der Waals surface area (Å²) in [4.78, 5) is 55.0. The number of hydrogen-bond acceptors (Lipinski definition) is 6. The van der Waals surface area contributed by atoms with Crippen molar-refractivity contribution >= 4 is 23.5 Å². The van der Waals surface area contributed by atoms with Gasteiger partial charge in [0.2, 0.25) is 11.8 Å². The van der Waals surface area contributed by atoms with E-state index in [2.05, 4.69) is 22.5 Å². The number of benzene rings is 1. The first kappa shape index (κ1) is 29.2. The number of carbonyl (C=O) groups excluding carboxylic acids is 4. The highest BCUT2D eigenvalue weighted by Gasteiger charge is 2.53. The molecule has 3 aliphatic rings. The third-order valence-corrected chi connectivity index (χ3v) is 8.77. The molecule has 39 heavy (non-hydrogen) atoms. The van der Waals surface area contributed by atoms with Gasteiger partial charge in [0, 0.05) is 31.7 Å². The van der Waals surface area contributed by atoms with Gasteiger partial charge in [0.1, 0.15) is 18.2 Å². The number of amides is 3. The molecule has 214 valence electrons. The predicted octanol–water partition coefficient (Wildman–Crippen LogP) is 2.41. The number of Topliss-reactive ketones (excluding diaryl/α,β-unsaturated/α-hetero) is 1. The van der Waals surface area contributed by atoms with Crippen molar-refractivity contribution in [1.29, 1.82) is 0 Å². The van der Waals surface area contributed by atoms with Gasteiger partial charge in [-0.1, -0.05) is 57.6 Å². The first-order valence-electron chi connectivity index (χ1n) is 14.7. The number of carbonyl (C=O) groups is 4. The Kier molecular flexibility index (Phi) is 10.1. The summed E-state index contributed by atoms with van der Waals surface area (Å²) < 4.78 is 0. The van der Waals surface area contributed by atoms with E-state index in [1.807, 2.05) is 17.0 Å². The highest BCUT2D eigenvalue weighted by Crippen LogP contribution is 2.36. The third-order valence-electron chi connectivity index (χ3n) is 8.77. The number of ketones is 1. The number of piperidine rings is 1. The lowest BCUT2D eigenvalue weighted by Crippen LogP contribution is -2.73. The molecule has 9 nitrogen and oxygen atoms in total. The zero-order chi connectivity index (χ0) is 27.8. The molecule has 1 aliphatic carbocycles. The summed E-state index contributed by atoms with van der Waals surface area (Å²) in [5.41, 5.74) is 0.738. The van der Waals surface area contributed by atoms with E-state index in [1.54, 1.807) is 12.1 Å². The highest BCUT2D eigenvalue weighted by atomic mass is 16.3. The molecule has 1 aromatic carbocycles. The molecular weight excluding hydrogens is 496 g/mol. The second kappa shape index (κ2) is 13.5. The van der Waals surface area contributed by atoms with Gasteiger partial charge in [-0.3, -0.25) is 24.1 Å². The van der Waals surface area contributed by atoms with Crippen LogP contribution < -0.4 is 10.6 Å². The Bertz CT molecular complexity index is 1010. The maximum absolute atomic E-state index is 13.7. The Balaban J connectivity index is 1.35. The molecule has 0 unspecified atom stereocenters. The average Bonchev–Trinajstić information content (AvgIpc) is 2.96. The monoisotopic (exact) mass is 540 g/mol. The van der Waals surface area contributed by atoms with Crippen LogP contribution in [-0.4, -0.2) is 82.8 Å². The quantitative estimate of drug-likeness (QED) is 0.397. The van der Waals surface area contributed by atoms with E-state index in [9.17, 15) is 19.2 Å². The Labute approximate surface area is 231 Å². The number of nitrogens with one attached hydrogen (secondary N) is 2. The van der Waals surface area contributed by atoms with Gasteiger partial charge in [0.05, 0.1) is 6.54 Å². The highest BCUT2D eigenvalue weighted by molar-refractivity contribution is 6.00. The zero-order valence-electron chi connectivity index (χ0n) is 23.3. The Morgan fingerprint density at radius 3 is 2.41 bits per heavy atom. The van der Waals surface area contributed by atoms with E-state index in [-0.39, 0.29) is 24.3 Å². The summed E-state index contributed by atoms with van der Waals surface area (Å²) in [6, 6.07) is 6.86. The molecule has 1 saturated carbocycles. The SMILES string of the molecule is CCCCN1C(=O)[C@H](CC2CCCCC2)NC(=O)C12CCN(Cc1ccc(C(=O)NCC(=O)CO)cc1)CC2. The minimum Gasteiger partial charge on any atom is -0.389 e. The van der Waals surface area contributed by atoms with Gasteiger partial charge in [-0.25, -0.2) is 0 Å². The molecule has 3 N–H and O–H groups in total. The molecule has 1 aromatic rings. The van der Waals surface area contributed by atoms with Crippen molar-refractivity contribution in [1.82, 2.24) is 20.4 Å². The van der Waals surface area contributed by atoms with E-state index in [0.29, 0.717) is 50.5 Å². The molecule has 1 spiro atoms. The third kappa shape index (κ3) is 7.06. The summed E-state index contributed by atoms with van der Waals surface area (Å²) in [5, 5.41) is 14.5. The van der Waals surface area contributed by atoms with Gasteiger partial charge in [0.25, 0.3) is 5.91 Å². The van der Waals surface area contributed by atoms with Crippen LogP contribution in [0.4, 0.5) is 0 Å². The molecular formula is C30H44N4O5. The molecule has 2 aliphatic heterocycles. The molecule has 0 aromatic heterocycles. The molecule has 4 rings (SSSR count). The molecule has 2 heterocycles. The van der Waals surface area contributed by atoms with Gasteiger partial charge in [0.15, 0.2) is 5.78 Å². The summed E-state index contributed by atoms with van der Waals surface area (Å²) in [6.07, 6.45) is 9.90. The van der Waals surface area contributed by atoms with Crippen LogP contribution in [0, 0.1) is 5.92 Å². The van der Waals surface area contributed by atoms with Crippen molar-refractivity contribution < 1.29 is 24.3 Å². The number of piperazine rings is 1. The van der Waals surface area contributed by atoms with Crippen molar-refractivity contribution in [3.05, 3.63) is 35.4 Å². The normalized spacial score (nSPS) is 22.1. The number of likely N-dealkylation sites (tertiary alicyclic amines) is 1. The van der Waals surface area contributed by atoms with Crippen molar-refractivity contribution in [3.63, 3.8) is 0 Å². The average molecular weight is 541 g/mol. The molecule has 0 bridgehead atoms. The van der Waals surface area contributed by atoms with E-state index < -0.39 is 24.0 Å². The number of aliphatic hydroxyl groups excluding tert-OH is 1. The Morgan fingerprint density at radius 2 is 1.77 bits per heavy atom. The molecule has 0 radical (unpaired) electrons. The van der Waals surface area contributed by atoms with Gasteiger partial charge < -0.3 is 20.6 Å². The van der Waals surface area contributed by atoms with E-state index in [1.165, 1.54) is 19.3 Å². The topological polar surface area (TPSA) is 119 Å². The fourth-order valence-electron chi connectivity index (χ4n) is 6.37. The summed E-state index contributed by atoms with van der Waals surface area (Å²) >= 11 is 0.